The molecule has 1 aromatic rings. The standard InChI is InChI=1S/C14H22O2/c1-4-6-12-16-14(3,15-5-2)13-10-8-7-9-11-13/h7-11H,4-6,12H2,1-3H3. The summed E-state index contributed by atoms with van der Waals surface area (Å²) in [5.74, 6) is -0.606. The predicted octanol–water partition coefficient (Wildman–Crippen LogP) is 3.71. The summed E-state index contributed by atoms with van der Waals surface area (Å²) in [5, 5.41) is 0. The van der Waals surface area contributed by atoms with Crippen molar-refractivity contribution >= 4 is 0 Å². The van der Waals surface area contributed by atoms with Crippen LogP contribution in [0, 0.1) is 0 Å². The molecule has 1 atom stereocenters. The summed E-state index contributed by atoms with van der Waals surface area (Å²) < 4.78 is 11.6. The molecule has 90 valence electrons. The SMILES string of the molecule is CCCCOC(C)(OCC)c1ccccc1. The van der Waals surface area contributed by atoms with Crippen molar-refractivity contribution in [1.29, 1.82) is 0 Å². The van der Waals surface area contributed by atoms with Crippen molar-refractivity contribution in [2.24, 2.45) is 0 Å². The van der Waals surface area contributed by atoms with E-state index in [4.69, 9.17) is 9.47 Å². The van der Waals surface area contributed by atoms with Crippen molar-refractivity contribution in [3.8, 4) is 0 Å². The van der Waals surface area contributed by atoms with E-state index in [-0.39, 0.29) is 0 Å². The first-order valence-corrected chi connectivity index (χ1v) is 6.06. The van der Waals surface area contributed by atoms with Crippen molar-refractivity contribution in [3.63, 3.8) is 0 Å². The fraction of sp³-hybridized carbons (Fsp3) is 0.571. The predicted molar refractivity (Wildman–Crippen MR) is 66.3 cm³/mol. The quantitative estimate of drug-likeness (QED) is 0.517. The van der Waals surface area contributed by atoms with Crippen LogP contribution < -0.4 is 0 Å². The van der Waals surface area contributed by atoms with Gasteiger partial charge in [0.15, 0.2) is 5.79 Å². The molecular weight excluding hydrogens is 200 g/mol. The summed E-state index contributed by atoms with van der Waals surface area (Å²) in [6.07, 6.45) is 2.20. The fourth-order valence-corrected chi connectivity index (χ4v) is 1.64. The highest BCUT2D eigenvalue weighted by Crippen LogP contribution is 2.26. The van der Waals surface area contributed by atoms with E-state index in [0.717, 1.165) is 25.0 Å². The Kier molecular flexibility index (Phi) is 5.50. The highest BCUT2D eigenvalue weighted by Gasteiger charge is 2.27. The molecular formula is C14H22O2. The maximum absolute atomic E-state index is 5.87. The maximum Gasteiger partial charge on any atom is 0.191 e. The van der Waals surface area contributed by atoms with Gasteiger partial charge in [0.2, 0.25) is 0 Å². The first-order chi connectivity index (χ1) is 7.73. The molecule has 0 radical (unpaired) electrons. The summed E-state index contributed by atoms with van der Waals surface area (Å²) >= 11 is 0. The van der Waals surface area contributed by atoms with Crippen LogP contribution >= 0.6 is 0 Å². The van der Waals surface area contributed by atoms with Gasteiger partial charge in [-0.25, -0.2) is 0 Å². The Balaban J connectivity index is 2.71. The number of hydrogen-bond acceptors (Lipinski definition) is 2. The van der Waals surface area contributed by atoms with Crippen molar-refractivity contribution in [3.05, 3.63) is 35.9 Å². The average molecular weight is 222 g/mol. The first kappa shape index (κ1) is 13.2. The molecule has 0 bridgehead atoms. The Hall–Kier alpha value is -0.860. The second-order valence-electron chi connectivity index (χ2n) is 3.95. The Morgan fingerprint density at radius 1 is 1.06 bits per heavy atom. The zero-order valence-corrected chi connectivity index (χ0v) is 10.5. The molecule has 16 heavy (non-hydrogen) atoms. The van der Waals surface area contributed by atoms with Gasteiger partial charge in [-0.1, -0.05) is 43.7 Å². The topological polar surface area (TPSA) is 18.5 Å². The van der Waals surface area contributed by atoms with Gasteiger partial charge in [0, 0.05) is 12.2 Å². The molecule has 0 amide bonds. The highest BCUT2D eigenvalue weighted by atomic mass is 16.7. The highest BCUT2D eigenvalue weighted by molar-refractivity contribution is 5.19. The minimum atomic E-state index is -0.606. The van der Waals surface area contributed by atoms with E-state index in [2.05, 4.69) is 6.92 Å². The molecule has 1 aromatic carbocycles. The molecule has 0 spiro atoms. The van der Waals surface area contributed by atoms with Gasteiger partial charge in [0.25, 0.3) is 0 Å². The maximum atomic E-state index is 5.87. The normalized spacial score (nSPS) is 14.7. The number of ether oxygens (including phenoxy) is 2. The van der Waals surface area contributed by atoms with Gasteiger partial charge in [-0.3, -0.25) is 0 Å². The third kappa shape index (κ3) is 3.62. The van der Waals surface area contributed by atoms with Crippen molar-refractivity contribution in [2.75, 3.05) is 13.2 Å². The molecule has 2 nitrogen and oxygen atoms in total. The Morgan fingerprint density at radius 3 is 2.31 bits per heavy atom. The van der Waals surface area contributed by atoms with Crippen molar-refractivity contribution in [2.45, 2.75) is 39.4 Å². The van der Waals surface area contributed by atoms with Crippen LogP contribution in [0.25, 0.3) is 0 Å². The summed E-state index contributed by atoms with van der Waals surface area (Å²) in [7, 11) is 0. The van der Waals surface area contributed by atoms with Gasteiger partial charge in [0.05, 0.1) is 6.61 Å². The van der Waals surface area contributed by atoms with E-state index in [1.54, 1.807) is 0 Å². The van der Waals surface area contributed by atoms with E-state index >= 15 is 0 Å². The van der Waals surface area contributed by atoms with Crippen LogP contribution in [-0.4, -0.2) is 13.2 Å². The van der Waals surface area contributed by atoms with Crippen molar-refractivity contribution < 1.29 is 9.47 Å². The molecule has 0 saturated carbocycles. The minimum Gasteiger partial charge on any atom is -0.346 e. The Labute approximate surface area is 98.6 Å². The van der Waals surface area contributed by atoms with E-state index in [0.29, 0.717) is 6.61 Å². The zero-order valence-electron chi connectivity index (χ0n) is 10.5. The summed E-state index contributed by atoms with van der Waals surface area (Å²) in [5.41, 5.74) is 1.08. The van der Waals surface area contributed by atoms with Gasteiger partial charge >= 0.3 is 0 Å². The average Bonchev–Trinajstić information content (AvgIpc) is 2.31. The van der Waals surface area contributed by atoms with Gasteiger partial charge in [-0.05, 0) is 20.3 Å². The van der Waals surface area contributed by atoms with Crippen molar-refractivity contribution in [1.82, 2.24) is 0 Å². The summed E-state index contributed by atoms with van der Waals surface area (Å²) in [6, 6.07) is 10.1. The van der Waals surface area contributed by atoms with E-state index < -0.39 is 5.79 Å². The number of rotatable bonds is 7. The summed E-state index contributed by atoms with van der Waals surface area (Å²) in [6.45, 7) is 7.52. The van der Waals surface area contributed by atoms with Crippen LogP contribution in [0.2, 0.25) is 0 Å². The lowest BCUT2D eigenvalue weighted by atomic mass is 10.1. The smallest absolute Gasteiger partial charge is 0.191 e. The lowest BCUT2D eigenvalue weighted by molar-refractivity contribution is -0.232. The van der Waals surface area contributed by atoms with Crippen LogP contribution in [0.5, 0.6) is 0 Å². The Bertz CT molecular complexity index is 284. The molecule has 1 rings (SSSR count). The second-order valence-corrected chi connectivity index (χ2v) is 3.95. The Morgan fingerprint density at radius 2 is 1.75 bits per heavy atom. The molecule has 0 aromatic heterocycles. The fourth-order valence-electron chi connectivity index (χ4n) is 1.64. The van der Waals surface area contributed by atoms with Gasteiger partial charge in [-0.2, -0.15) is 0 Å². The lowest BCUT2D eigenvalue weighted by Crippen LogP contribution is -2.30. The van der Waals surface area contributed by atoms with Crippen LogP contribution in [0.4, 0.5) is 0 Å². The van der Waals surface area contributed by atoms with Crippen LogP contribution in [-0.2, 0) is 15.3 Å². The van der Waals surface area contributed by atoms with Gasteiger partial charge in [0.1, 0.15) is 0 Å². The number of benzene rings is 1. The largest absolute Gasteiger partial charge is 0.346 e. The molecule has 0 N–H and O–H groups in total. The zero-order chi connectivity index (χ0) is 11.9. The van der Waals surface area contributed by atoms with E-state index in [1.165, 1.54) is 0 Å². The third-order valence-electron chi connectivity index (χ3n) is 2.59. The van der Waals surface area contributed by atoms with Crippen LogP contribution in [0.3, 0.4) is 0 Å². The number of hydrogen-bond donors (Lipinski definition) is 0. The van der Waals surface area contributed by atoms with Crippen LogP contribution in [0.15, 0.2) is 30.3 Å². The third-order valence-corrected chi connectivity index (χ3v) is 2.59. The second kappa shape index (κ2) is 6.66. The molecule has 0 fully saturated rings. The molecule has 1 unspecified atom stereocenters. The monoisotopic (exact) mass is 222 g/mol. The van der Waals surface area contributed by atoms with E-state index in [9.17, 15) is 0 Å². The summed E-state index contributed by atoms with van der Waals surface area (Å²) in [4.78, 5) is 0. The molecule has 0 aliphatic carbocycles. The molecule has 0 heterocycles. The lowest BCUT2D eigenvalue weighted by Gasteiger charge is -2.30. The molecule has 0 aliphatic heterocycles. The molecule has 0 saturated heterocycles. The van der Waals surface area contributed by atoms with E-state index in [1.807, 2.05) is 44.2 Å². The van der Waals surface area contributed by atoms with Gasteiger partial charge in [-0.15, -0.1) is 0 Å². The van der Waals surface area contributed by atoms with Gasteiger partial charge < -0.3 is 9.47 Å². The first-order valence-electron chi connectivity index (χ1n) is 6.06. The minimum absolute atomic E-state index is 0.606. The number of unbranched alkanes of at least 4 members (excludes halogenated alkanes) is 1. The van der Waals surface area contributed by atoms with Crippen LogP contribution in [0.1, 0.15) is 39.2 Å². The molecule has 2 heteroatoms. The molecule has 0 aliphatic rings.